The first kappa shape index (κ1) is 10.5. The van der Waals surface area contributed by atoms with Crippen LogP contribution in [-0.4, -0.2) is 13.4 Å². The highest BCUT2D eigenvalue weighted by molar-refractivity contribution is 5.37. The molecule has 0 radical (unpaired) electrons. The van der Waals surface area contributed by atoms with Gasteiger partial charge in [0.05, 0.1) is 6.61 Å². The largest absolute Gasteiger partial charge is 0.352 e. The summed E-state index contributed by atoms with van der Waals surface area (Å²) in [6.07, 6.45) is 0. The summed E-state index contributed by atoms with van der Waals surface area (Å²) in [7, 11) is 0. The molecule has 0 N–H and O–H groups in total. The van der Waals surface area contributed by atoms with E-state index in [1.807, 2.05) is 36.4 Å². The van der Waals surface area contributed by atoms with Gasteiger partial charge < -0.3 is 9.47 Å². The Bertz CT molecular complexity index is 431. The molecular formula is C15H14O2. The molecule has 2 aromatic rings. The molecule has 1 fully saturated rings. The van der Waals surface area contributed by atoms with Gasteiger partial charge in [0, 0.05) is 0 Å². The molecule has 2 nitrogen and oxygen atoms in total. The summed E-state index contributed by atoms with van der Waals surface area (Å²) in [5, 5.41) is 0. The van der Waals surface area contributed by atoms with Crippen LogP contribution in [-0.2, 0) is 15.1 Å². The van der Waals surface area contributed by atoms with Crippen LogP contribution in [0.2, 0.25) is 0 Å². The molecule has 0 atom stereocenters. The lowest BCUT2D eigenvalue weighted by molar-refractivity contribution is 0.0114. The predicted molar refractivity (Wildman–Crippen MR) is 65.6 cm³/mol. The molecule has 1 heterocycles. The third-order valence-electron chi connectivity index (χ3n) is 3.17. The molecule has 0 aliphatic carbocycles. The second-order valence-corrected chi connectivity index (χ2v) is 4.17. The molecule has 2 aromatic carbocycles. The average Bonchev–Trinajstić information content (AvgIpc) is 2.91. The summed E-state index contributed by atoms with van der Waals surface area (Å²) >= 11 is 0. The average molecular weight is 226 g/mol. The van der Waals surface area contributed by atoms with Gasteiger partial charge in [0.2, 0.25) is 0 Å². The van der Waals surface area contributed by atoms with E-state index in [-0.39, 0.29) is 0 Å². The zero-order chi connectivity index (χ0) is 11.6. The van der Waals surface area contributed by atoms with E-state index >= 15 is 0 Å². The zero-order valence-corrected chi connectivity index (χ0v) is 9.50. The number of hydrogen-bond donors (Lipinski definition) is 0. The van der Waals surface area contributed by atoms with Gasteiger partial charge in [0.25, 0.3) is 0 Å². The van der Waals surface area contributed by atoms with Crippen LogP contribution >= 0.6 is 0 Å². The first-order valence-corrected chi connectivity index (χ1v) is 5.75. The van der Waals surface area contributed by atoms with Crippen molar-refractivity contribution in [3.63, 3.8) is 0 Å². The molecule has 2 heteroatoms. The lowest BCUT2D eigenvalue weighted by atomic mass is 9.87. The number of hydrogen-bond acceptors (Lipinski definition) is 2. The minimum Gasteiger partial charge on any atom is -0.352 e. The molecule has 0 unspecified atom stereocenters. The minimum absolute atomic E-state index is 0.351. The Balaban J connectivity index is 2.11. The van der Waals surface area contributed by atoms with Gasteiger partial charge in [-0.3, -0.25) is 0 Å². The van der Waals surface area contributed by atoms with E-state index in [1.54, 1.807) is 0 Å². The molecular weight excluding hydrogens is 212 g/mol. The smallest absolute Gasteiger partial charge is 0.148 e. The van der Waals surface area contributed by atoms with Gasteiger partial charge in [-0.25, -0.2) is 0 Å². The van der Waals surface area contributed by atoms with Gasteiger partial charge >= 0.3 is 0 Å². The molecule has 0 bridgehead atoms. The van der Waals surface area contributed by atoms with E-state index in [2.05, 4.69) is 24.3 Å². The maximum atomic E-state index is 5.89. The SMILES string of the molecule is c1ccc(C2(c3ccccc3)COCO2)cc1. The molecule has 0 amide bonds. The fourth-order valence-electron chi connectivity index (χ4n) is 2.28. The van der Waals surface area contributed by atoms with Gasteiger partial charge in [0.1, 0.15) is 12.4 Å². The molecule has 3 rings (SSSR count). The summed E-state index contributed by atoms with van der Waals surface area (Å²) in [4.78, 5) is 0. The highest BCUT2D eigenvalue weighted by atomic mass is 16.7. The first-order chi connectivity index (χ1) is 8.42. The summed E-state index contributed by atoms with van der Waals surface area (Å²) in [6.45, 7) is 0.921. The lowest BCUT2D eigenvalue weighted by Gasteiger charge is -2.27. The fourth-order valence-corrected chi connectivity index (χ4v) is 2.28. The summed E-state index contributed by atoms with van der Waals surface area (Å²) in [5.41, 5.74) is 1.84. The van der Waals surface area contributed by atoms with E-state index in [1.165, 1.54) is 0 Å². The topological polar surface area (TPSA) is 18.5 Å². The van der Waals surface area contributed by atoms with Crippen molar-refractivity contribution in [1.82, 2.24) is 0 Å². The summed E-state index contributed by atoms with van der Waals surface area (Å²) in [5.74, 6) is 0. The second-order valence-electron chi connectivity index (χ2n) is 4.17. The lowest BCUT2D eigenvalue weighted by Crippen LogP contribution is -2.29. The highest BCUT2D eigenvalue weighted by Gasteiger charge is 2.39. The monoisotopic (exact) mass is 226 g/mol. The first-order valence-electron chi connectivity index (χ1n) is 5.75. The molecule has 1 aliphatic heterocycles. The molecule has 0 spiro atoms. The highest BCUT2D eigenvalue weighted by Crippen LogP contribution is 2.37. The maximum Gasteiger partial charge on any atom is 0.148 e. The van der Waals surface area contributed by atoms with Crippen LogP contribution in [0, 0.1) is 0 Å². The van der Waals surface area contributed by atoms with Gasteiger partial charge in [-0.05, 0) is 11.1 Å². The van der Waals surface area contributed by atoms with Crippen LogP contribution in [0.4, 0.5) is 0 Å². The predicted octanol–water partition coefficient (Wildman–Crippen LogP) is 2.93. The van der Waals surface area contributed by atoms with Gasteiger partial charge in [-0.2, -0.15) is 0 Å². The zero-order valence-electron chi connectivity index (χ0n) is 9.50. The van der Waals surface area contributed by atoms with Crippen molar-refractivity contribution >= 4 is 0 Å². The van der Waals surface area contributed by atoms with Crippen LogP contribution in [0.3, 0.4) is 0 Å². The quantitative estimate of drug-likeness (QED) is 0.783. The van der Waals surface area contributed by atoms with Crippen LogP contribution in [0.15, 0.2) is 60.7 Å². The standard InChI is InChI=1S/C15H14O2/c1-3-7-13(8-4-1)15(11-16-12-17-15)14-9-5-2-6-10-14/h1-10H,11-12H2. The summed E-state index contributed by atoms with van der Waals surface area (Å²) < 4.78 is 11.3. The minimum atomic E-state index is -0.442. The second kappa shape index (κ2) is 4.32. The van der Waals surface area contributed by atoms with E-state index in [0.717, 1.165) is 11.1 Å². The van der Waals surface area contributed by atoms with Crippen LogP contribution in [0.25, 0.3) is 0 Å². The van der Waals surface area contributed by atoms with E-state index in [0.29, 0.717) is 13.4 Å². The number of rotatable bonds is 2. The Morgan fingerprint density at radius 3 is 1.71 bits per heavy atom. The Morgan fingerprint density at radius 1 is 0.765 bits per heavy atom. The van der Waals surface area contributed by atoms with Crippen LogP contribution in [0.5, 0.6) is 0 Å². The fraction of sp³-hybridized carbons (Fsp3) is 0.200. The Labute approximate surface area is 101 Å². The molecule has 0 saturated carbocycles. The Morgan fingerprint density at radius 2 is 1.29 bits per heavy atom. The third kappa shape index (κ3) is 1.75. The van der Waals surface area contributed by atoms with Crippen molar-refractivity contribution in [3.8, 4) is 0 Å². The van der Waals surface area contributed by atoms with Gasteiger partial charge in [0.15, 0.2) is 0 Å². The Kier molecular flexibility index (Phi) is 2.67. The number of benzene rings is 2. The van der Waals surface area contributed by atoms with Crippen LogP contribution in [0.1, 0.15) is 11.1 Å². The normalized spacial score (nSPS) is 18.1. The van der Waals surface area contributed by atoms with Crippen molar-refractivity contribution in [2.75, 3.05) is 13.4 Å². The van der Waals surface area contributed by atoms with E-state index < -0.39 is 5.60 Å². The van der Waals surface area contributed by atoms with Crippen molar-refractivity contribution in [2.45, 2.75) is 5.60 Å². The summed E-state index contributed by atoms with van der Waals surface area (Å²) in [6, 6.07) is 20.5. The molecule has 86 valence electrons. The van der Waals surface area contributed by atoms with E-state index in [4.69, 9.17) is 9.47 Å². The molecule has 0 aromatic heterocycles. The van der Waals surface area contributed by atoms with Crippen molar-refractivity contribution in [2.24, 2.45) is 0 Å². The molecule has 1 aliphatic rings. The number of ether oxygens (including phenoxy) is 2. The maximum absolute atomic E-state index is 5.89. The molecule has 17 heavy (non-hydrogen) atoms. The van der Waals surface area contributed by atoms with Gasteiger partial charge in [-0.15, -0.1) is 0 Å². The third-order valence-corrected chi connectivity index (χ3v) is 3.17. The van der Waals surface area contributed by atoms with Crippen molar-refractivity contribution < 1.29 is 9.47 Å². The Hall–Kier alpha value is -1.64. The van der Waals surface area contributed by atoms with Crippen molar-refractivity contribution in [3.05, 3.63) is 71.8 Å². The van der Waals surface area contributed by atoms with Crippen LogP contribution < -0.4 is 0 Å². The molecule has 1 saturated heterocycles. The van der Waals surface area contributed by atoms with E-state index in [9.17, 15) is 0 Å². The van der Waals surface area contributed by atoms with Gasteiger partial charge in [-0.1, -0.05) is 60.7 Å². The van der Waals surface area contributed by atoms with Crippen molar-refractivity contribution in [1.29, 1.82) is 0 Å².